The van der Waals surface area contributed by atoms with E-state index in [1.807, 2.05) is 0 Å². The first-order chi connectivity index (χ1) is 3.41. The standard InChI is InChI=1S/C6H14O.Cu/c1-3-5-7-6-4-2;/h3-6H2,1-2H3;. The molecule has 0 aromatic carbocycles. The molecule has 0 atom stereocenters. The Balaban J connectivity index is 0. The Morgan fingerprint density at radius 1 is 1.00 bits per heavy atom. The SMILES string of the molecule is CCCOCCC.[Cu]. The molecule has 1 radical (unpaired) electrons. The second-order valence-electron chi connectivity index (χ2n) is 1.61. The van der Waals surface area contributed by atoms with Gasteiger partial charge in [-0.3, -0.25) is 0 Å². The third-order valence-corrected chi connectivity index (χ3v) is 0.697. The van der Waals surface area contributed by atoms with E-state index in [2.05, 4.69) is 13.8 Å². The average Bonchev–Trinajstić information content (AvgIpc) is 1.69. The first-order valence-electron chi connectivity index (χ1n) is 2.99. The van der Waals surface area contributed by atoms with Gasteiger partial charge in [-0.05, 0) is 12.8 Å². The van der Waals surface area contributed by atoms with Crippen LogP contribution in [0.2, 0.25) is 0 Å². The van der Waals surface area contributed by atoms with Crippen LogP contribution in [0.5, 0.6) is 0 Å². The topological polar surface area (TPSA) is 9.23 Å². The fraction of sp³-hybridized carbons (Fsp3) is 1.00. The van der Waals surface area contributed by atoms with Gasteiger partial charge in [0.15, 0.2) is 0 Å². The van der Waals surface area contributed by atoms with Crippen LogP contribution in [0, 0.1) is 0 Å². The summed E-state index contributed by atoms with van der Waals surface area (Å²) < 4.78 is 5.13. The van der Waals surface area contributed by atoms with Crippen LogP contribution in [0.1, 0.15) is 26.7 Å². The second kappa shape index (κ2) is 10.5. The first kappa shape index (κ1) is 11.3. The van der Waals surface area contributed by atoms with Crippen LogP contribution >= 0.6 is 0 Å². The van der Waals surface area contributed by atoms with E-state index in [9.17, 15) is 0 Å². The Morgan fingerprint density at radius 2 is 1.38 bits per heavy atom. The summed E-state index contributed by atoms with van der Waals surface area (Å²) in [4.78, 5) is 0. The molecule has 0 aliphatic heterocycles. The van der Waals surface area contributed by atoms with Crippen molar-refractivity contribution >= 4 is 0 Å². The van der Waals surface area contributed by atoms with Gasteiger partial charge in [0.1, 0.15) is 0 Å². The average molecular weight is 166 g/mol. The first-order valence-corrected chi connectivity index (χ1v) is 2.99. The predicted octanol–water partition coefficient (Wildman–Crippen LogP) is 1.82. The van der Waals surface area contributed by atoms with E-state index in [1.165, 1.54) is 0 Å². The van der Waals surface area contributed by atoms with Crippen LogP contribution in [0.15, 0.2) is 0 Å². The molecule has 55 valence electrons. The normalized spacial score (nSPS) is 8.25. The molecule has 0 aromatic heterocycles. The maximum atomic E-state index is 5.13. The minimum Gasteiger partial charge on any atom is -0.381 e. The van der Waals surface area contributed by atoms with Crippen molar-refractivity contribution in [3.63, 3.8) is 0 Å². The quantitative estimate of drug-likeness (QED) is 0.456. The Labute approximate surface area is 62.3 Å². The molecule has 0 spiro atoms. The third kappa shape index (κ3) is 9.70. The molecule has 0 saturated carbocycles. The summed E-state index contributed by atoms with van der Waals surface area (Å²) in [5.74, 6) is 0. The van der Waals surface area contributed by atoms with Gasteiger partial charge in [0.2, 0.25) is 0 Å². The summed E-state index contributed by atoms with van der Waals surface area (Å²) in [5.41, 5.74) is 0. The number of hydrogen-bond donors (Lipinski definition) is 0. The largest absolute Gasteiger partial charge is 0.381 e. The molecule has 0 bridgehead atoms. The molecule has 8 heavy (non-hydrogen) atoms. The maximum Gasteiger partial charge on any atom is 0.0463 e. The van der Waals surface area contributed by atoms with Crippen LogP contribution in [-0.4, -0.2) is 13.2 Å². The van der Waals surface area contributed by atoms with Crippen molar-refractivity contribution in [1.29, 1.82) is 0 Å². The molecule has 0 N–H and O–H groups in total. The Morgan fingerprint density at radius 3 is 1.62 bits per heavy atom. The minimum atomic E-state index is 0. The molecule has 0 heterocycles. The van der Waals surface area contributed by atoms with E-state index in [1.54, 1.807) is 0 Å². The van der Waals surface area contributed by atoms with E-state index in [0.29, 0.717) is 0 Å². The Bertz CT molecular complexity index is 27.7. The molecule has 0 rings (SSSR count). The molecule has 0 aromatic rings. The monoisotopic (exact) mass is 165 g/mol. The molecule has 0 unspecified atom stereocenters. The van der Waals surface area contributed by atoms with Gasteiger partial charge in [-0.15, -0.1) is 0 Å². The van der Waals surface area contributed by atoms with Gasteiger partial charge in [-0.1, -0.05) is 13.8 Å². The molecule has 0 aliphatic carbocycles. The zero-order valence-electron chi connectivity index (χ0n) is 5.54. The molecule has 0 fully saturated rings. The predicted molar refractivity (Wildman–Crippen MR) is 31.4 cm³/mol. The van der Waals surface area contributed by atoms with Gasteiger partial charge in [-0.2, -0.15) is 0 Å². The van der Waals surface area contributed by atoms with E-state index in [-0.39, 0.29) is 17.1 Å². The van der Waals surface area contributed by atoms with Crippen molar-refractivity contribution in [2.24, 2.45) is 0 Å². The molecule has 0 aliphatic rings. The van der Waals surface area contributed by atoms with Crippen LogP contribution in [0.25, 0.3) is 0 Å². The Hall–Kier alpha value is 0.479. The number of hydrogen-bond acceptors (Lipinski definition) is 1. The van der Waals surface area contributed by atoms with Crippen molar-refractivity contribution < 1.29 is 21.8 Å². The maximum absolute atomic E-state index is 5.13. The van der Waals surface area contributed by atoms with Crippen LogP contribution in [0.3, 0.4) is 0 Å². The van der Waals surface area contributed by atoms with E-state index in [0.717, 1.165) is 26.1 Å². The molecule has 1 nitrogen and oxygen atoms in total. The minimum absolute atomic E-state index is 0. The summed E-state index contributed by atoms with van der Waals surface area (Å²) in [7, 11) is 0. The van der Waals surface area contributed by atoms with Crippen molar-refractivity contribution in [3.8, 4) is 0 Å². The molecule has 0 amide bonds. The summed E-state index contributed by atoms with van der Waals surface area (Å²) >= 11 is 0. The fourth-order valence-corrected chi connectivity index (χ4v) is 0.391. The number of ether oxygens (including phenoxy) is 1. The fourth-order valence-electron chi connectivity index (χ4n) is 0.391. The molecular weight excluding hydrogens is 152 g/mol. The van der Waals surface area contributed by atoms with E-state index in [4.69, 9.17) is 4.74 Å². The van der Waals surface area contributed by atoms with Gasteiger partial charge in [0.25, 0.3) is 0 Å². The van der Waals surface area contributed by atoms with Crippen molar-refractivity contribution in [3.05, 3.63) is 0 Å². The van der Waals surface area contributed by atoms with Crippen molar-refractivity contribution in [2.45, 2.75) is 26.7 Å². The van der Waals surface area contributed by atoms with Crippen LogP contribution < -0.4 is 0 Å². The van der Waals surface area contributed by atoms with Gasteiger partial charge >= 0.3 is 0 Å². The summed E-state index contributed by atoms with van der Waals surface area (Å²) in [6.45, 7) is 6.09. The van der Waals surface area contributed by atoms with E-state index >= 15 is 0 Å². The van der Waals surface area contributed by atoms with Gasteiger partial charge in [0.05, 0.1) is 0 Å². The smallest absolute Gasteiger partial charge is 0.0463 e. The number of rotatable bonds is 4. The molecule has 2 heteroatoms. The molecule has 0 saturated heterocycles. The third-order valence-electron chi connectivity index (χ3n) is 0.697. The second-order valence-corrected chi connectivity index (χ2v) is 1.61. The summed E-state index contributed by atoms with van der Waals surface area (Å²) in [6.07, 6.45) is 2.28. The van der Waals surface area contributed by atoms with Crippen LogP contribution in [0.4, 0.5) is 0 Å². The van der Waals surface area contributed by atoms with Gasteiger partial charge in [0, 0.05) is 30.3 Å². The summed E-state index contributed by atoms with van der Waals surface area (Å²) in [6, 6.07) is 0. The van der Waals surface area contributed by atoms with Gasteiger partial charge in [-0.25, -0.2) is 0 Å². The zero-order chi connectivity index (χ0) is 5.54. The van der Waals surface area contributed by atoms with Crippen molar-refractivity contribution in [1.82, 2.24) is 0 Å². The van der Waals surface area contributed by atoms with E-state index < -0.39 is 0 Å². The Kier molecular flexibility index (Phi) is 14.8. The summed E-state index contributed by atoms with van der Waals surface area (Å²) in [5, 5.41) is 0. The van der Waals surface area contributed by atoms with Gasteiger partial charge < -0.3 is 4.74 Å². The van der Waals surface area contributed by atoms with Crippen molar-refractivity contribution in [2.75, 3.05) is 13.2 Å². The molecular formula is C6H14CuO. The van der Waals surface area contributed by atoms with Crippen LogP contribution in [-0.2, 0) is 21.8 Å². The zero-order valence-corrected chi connectivity index (χ0v) is 6.48.